The van der Waals surface area contributed by atoms with Crippen LogP contribution in [-0.4, -0.2) is 38.2 Å². The van der Waals surface area contributed by atoms with Crippen LogP contribution in [0, 0.1) is 11.3 Å². The molecular weight excluding hydrogens is 386 g/mol. The van der Waals surface area contributed by atoms with Gasteiger partial charge in [0.2, 0.25) is 0 Å². The number of nitrogens with zero attached hydrogens (tertiary/aromatic N) is 2. The van der Waals surface area contributed by atoms with Gasteiger partial charge in [-0.05, 0) is 37.3 Å². The first-order valence-electron chi connectivity index (χ1n) is 8.57. The molecule has 0 aromatic heterocycles. The number of nitriles is 1. The number of anilines is 1. The van der Waals surface area contributed by atoms with Crippen molar-refractivity contribution in [3.63, 3.8) is 0 Å². The molecule has 0 aliphatic rings. The molecule has 7 nitrogen and oxygen atoms in total. The molecule has 0 N–H and O–H groups in total. The number of halogens is 2. The van der Waals surface area contributed by atoms with Crippen molar-refractivity contribution in [3.8, 4) is 17.6 Å². The lowest BCUT2D eigenvalue weighted by molar-refractivity contribution is -0.121. The van der Waals surface area contributed by atoms with Gasteiger partial charge in [0.25, 0.3) is 5.91 Å². The van der Waals surface area contributed by atoms with Crippen LogP contribution in [0.5, 0.6) is 11.5 Å². The van der Waals surface area contributed by atoms with Crippen LogP contribution in [0.15, 0.2) is 48.5 Å². The second-order valence-corrected chi connectivity index (χ2v) is 5.52. The van der Waals surface area contributed by atoms with Crippen LogP contribution in [0.3, 0.4) is 0 Å². The van der Waals surface area contributed by atoms with Crippen LogP contribution < -0.4 is 14.4 Å². The highest BCUT2D eigenvalue weighted by molar-refractivity contribution is 5.97. The Balaban J connectivity index is 2.08. The second-order valence-electron chi connectivity index (χ2n) is 5.52. The van der Waals surface area contributed by atoms with Gasteiger partial charge in [0, 0.05) is 5.69 Å². The monoisotopic (exact) mass is 404 g/mol. The van der Waals surface area contributed by atoms with Gasteiger partial charge < -0.3 is 14.2 Å². The molecule has 0 bridgehead atoms. The maximum absolute atomic E-state index is 12.5. The fraction of sp³-hybridized carbons (Fsp3) is 0.250. The molecule has 0 saturated heterocycles. The van der Waals surface area contributed by atoms with E-state index in [0.717, 1.165) is 6.07 Å². The maximum Gasteiger partial charge on any atom is 0.387 e. The van der Waals surface area contributed by atoms with E-state index in [4.69, 9.17) is 14.7 Å². The fourth-order valence-corrected chi connectivity index (χ4v) is 2.39. The fourth-order valence-electron chi connectivity index (χ4n) is 2.39. The van der Waals surface area contributed by atoms with Gasteiger partial charge in [0.05, 0.1) is 18.2 Å². The smallest absolute Gasteiger partial charge is 0.387 e. The zero-order valence-electron chi connectivity index (χ0n) is 15.5. The van der Waals surface area contributed by atoms with Crippen LogP contribution in [0.2, 0.25) is 0 Å². The Bertz CT molecular complexity index is 884. The molecule has 1 amide bonds. The summed E-state index contributed by atoms with van der Waals surface area (Å²) >= 11 is 0. The highest BCUT2D eigenvalue weighted by atomic mass is 19.3. The lowest BCUT2D eigenvalue weighted by Crippen LogP contribution is -2.35. The van der Waals surface area contributed by atoms with Gasteiger partial charge in [-0.2, -0.15) is 14.0 Å². The van der Waals surface area contributed by atoms with Crippen LogP contribution in [0.4, 0.5) is 14.5 Å². The Morgan fingerprint density at radius 2 is 1.86 bits per heavy atom. The van der Waals surface area contributed by atoms with Gasteiger partial charge in [0.15, 0.2) is 18.1 Å². The van der Waals surface area contributed by atoms with E-state index in [1.807, 2.05) is 6.07 Å². The Labute approximate surface area is 166 Å². The van der Waals surface area contributed by atoms with Crippen LogP contribution in [0.25, 0.3) is 0 Å². The number of rotatable bonds is 9. The van der Waals surface area contributed by atoms with Crippen molar-refractivity contribution in [1.82, 2.24) is 0 Å². The number of alkyl halides is 2. The topological polar surface area (TPSA) is 88.9 Å². The summed E-state index contributed by atoms with van der Waals surface area (Å²) in [6.07, 6.45) is 0. The van der Waals surface area contributed by atoms with Gasteiger partial charge >= 0.3 is 12.6 Å². The van der Waals surface area contributed by atoms with E-state index < -0.39 is 25.1 Å². The number of hydrogen-bond donors (Lipinski definition) is 0. The first-order chi connectivity index (χ1) is 14.0. The zero-order chi connectivity index (χ0) is 21.2. The molecule has 9 heteroatoms. The van der Waals surface area contributed by atoms with E-state index in [1.54, 1.807) is 37.3 Å². The van der Waals surface area contributed by atoms with Gasteiger partial charge in [0.1, 0.15) is 6.54 Å². The lowest BCUT2D eigenvalue weighted by atomic mass is 10.2. The number of carbonyl (C=O) groups excluding carboxylic acids is 2. The zero-order valence-corrected chi connectivity index (χ0v) is 15.5. The summed E-state index contributed by atoms with van der Waals surface area (Å²) in [7, 11) is 0. The van der Waals surface area contributed by atoms with Crippen molar-refractivity contribution < 1.29 is 32.6 Å². The molecule has 0 radical (unpaired) electrons. The highest BCUT2D eigenvalue weighted by Crippen LogP contribution is 2.30. The molecular formula is C20H18F2N2O5. The molecule has 152 valence electrons. The number of benzene rings is 2. The average Bonchev–Trinajstić information content (AvgIpc) is 2.71. The lowest BCUT2D eigenvalue weighted by Gasteiger charge is -2.19. The quantitative estimate of drug-likeness (QED) is 0.470. The molecule has 0 saturated carbocycles. The number of ether oxygens (including phenoxy) is 3. The number of hydrogen-bond acceptors (Lipinski definition) is 6. The van der Waals surface area contributed by atoms with Gasteiger partial charge in [-0.3, -0.25) is 9.69 Å². The molecule has 2 aromatic carbocycles. The molecule has 2 rings (SSSR count). The summed E-state index contributed by atoms with van der Waals surface area (Å²) in [5.41, 5.74) is 0.483. The van der Waals surface area contributed by atoms with Crippen molar-refractivity contribution in [2.45, 2.75) is 13.5 Å². The summed E-state index contributed by atoms with van der Waals surface area (Å²) < 4.78 is 39.5. The first kappa shape index (κ1) is 21.6. The van der Waals surface area contributed by atoms with E-state index >= 15 is 0 Å². The Kier molecular flexibility index (Phi) is 7.91. The van der Waals surface area contributed by atoms with Crippen LogP contribution in [-0.2, 0) is 9.53 Å². The van der Waals surface area contributed by atoms with Crippen molar-refractivity contribution in [2.24, 2.45) is 0 Å². The summed E-state index contributed by atoms with van der Waals surface area (Å²) in [6, 6.07) is 13.9. The molecule has 0 spiro atoms. The predicted octanol–water partition coefficient (Wildman–Crippen LogP) is 3.40. The first-order valence-corrected chi connectivity index (χ1v) is 8.57. The van der Waals surface area contributed by atoms with Gasteiger partial charge in [-0.25, -0.2) is 4.79 Å². The minimum absolute atomic E-state index is 0.00518. The summed E-state index contributed by atoms with van der Waals surface area (Å²) in [5, 5.41) is 8.94. The molecule has 0 unspecified atom stereocenters. The van der Waals surface area contributed by atoms with Gasteiger partial charge in [-0.1, -0.05) is 18.2 Å². The molecule has 0 fully saturated rings. The Morgan fingerprint density at radius 1 is 1.14 bits per heavy atom. The second kappa shape index (κ2) is 10.6. The summed E-state index contributed by atoms with van der Waals surface area (Å²) in [5.74, 6) is -1.72. The average molecular weight is 404 g/mol. The standard InChI is InChI=1S/C20H18F2N2O5/c1-2-27-17-12-14(8-9-16(17)29-20(21)22)19(26)28-13-18(25)24(11-10-23)15-6-4-3-5-7-15/h3-9,12,20H,2,11,13H2,1H3. The number of amides is 1. The Morgan fingerprint density at radius 3 is 2.48 bits per heavy atom. The van der Waals surface area contributed by atoms with E-state index in [9.17, 15) is 18.4 Å². The predicted molar refractivity (Wildman–Crippen MR) is 98.9 cm³/mol. The number of para-hydroxylation sites is 1. The third kappa shape index (κ3) is 6.17. The minimum Gasteiger partial charge on any atom is -0.490 e. The third-order valence-electron chi connectivity index (χ3n) is 3.62. The van der Waals surface area contributed by atoms with Crippen molar-refractivity contribution in [1.29, 1.82) is 5.26 Å². The molecule has 0 heterocycles. The maximum atomic E-state index is 12.5. The van der Waals surface area contributed by atoms with Crippen LogP contribution >= 0.6 is 0 Å². The van der Waals surface area contributed by atoms with Crippen molar-refractivity contribution in [3.05, 3.63) is 54.1 Å². The molecule has 0 atom stereocenters. The van der Waals surface area contributed by atoms with Crippen LogP contribution in [0.1, 0.15) is 17.3 Å². The highest BCUT2D eigenvalue weighted by Gasteiger charge is 2.19. The minimum atomic E-state index is -3.05. The molecule has 2 aromatic rings. The van der Waals surface area contributed by atoms with E-state index in [1.165, 1.54) is 17.0 Å². The normalized spacial score (nSPS) is 10.2. The summed E-state index contributed by atoms with van der Waals surface area (Å²) in [6.45, 7) is -2.06. The van der Waals surface area contributed by atoms with Crippen molar-refractivity contribution in [2.75, 3.05) is 24.7 Å². The largest absolute Gasteiger partial charge is 0.490 e. The van der Waals surface area contributed by atoms with Crippen molar-refractivity contribution >= 4 is 17.6 Å². The third-order valence-corrected chi connectivity index (χ3v) is 3.62. The van der Waals surface area contributed by atoms with Gasteiger partial charge in [-0.15, -0.1) is 0 Å². The Hall–Kier alpha value is -3.67. The molecule has 0 aliphatic heterocycles. The molecule has 0 aliphatic carbocycles. The van der Waals surface area contributed by atoms with E-state index in [2.05, 4.69) is 4.74 Å². The number of carbonyl (C=O) groups is 2. The van der Waals surface area contributed by atoms with E-state index in [0.29, 0.717) is 5.69 Å². The summed E-state index contributed by atoms with van der Waals surface area (Å²) in [4.78, 5) is 25.8. The number of esters is 1. The SMILES string of the molecule is CCOc1cc(C(=O)OCC(=O)N(CC#N)c2ccccc2)ccc1OC(F)F. The van der Waals surface area contributed by atoms with E-state index in [-0.39, 0.29) is 30.2 Å². The molecule has 29 heavy (non-hydrogen) atoms.